The lowest BCUT2D eigenvalue weighted by Crippen LogP contribution is -2.07. The topological polar surface area (TPSA) is 97.6 Å². The Labute approximate surface area is 103 Å². The monoisotopic (exact) mass is 273 g/mol. The average Bonchev–Trinajstić information content (AvgIpc) is 2.80. The second kappa shape index (κ2) is 4.63. The summed E-state index contributed by atoms with van der Waals surface area (Å²) in [6, 6.07) is 2.33. The van der Waals surface area contributed by atoms with Gasteiger partial charge in [0, 0.05) is 18.1 Å². The maximum absolute atomic E-state index is 12.5. The number of nitro benzene ring substituents is 1. The molecule has 1 N–H and O–H groups in total. The van der Waals surface area contributed by atoms with Crippen LogP contribution in [0, 0.1) is 10.1 Å². The molecule has 0 unspecified atom stereocenters. The van der Waals surface area contributed by atoms with E-state index >= 15 is 0 Å². The first kappa shape index (κ1) is 12.9. The lowest BCUT2D eigenvalue weighted by atomic mass is 10.1. The third-order valence-corrected chi connectivity index (χ3v) is 2.36. The molecule has 1 heterocycles. The zero-order valence-electron chi connectivity index (χ0n) is 9.18. The molecule has 0 amide bonds. The molecule has 7 nitrogen and oxygen atoms in total. The molecule has 19 heavy (non-hydrogen) atoms. The molecule has 0 fully saturated rings. The summed E-state index contributed by atoms with van der Waals surface area (Å²) in [7, 11) is 0. The Bertz CT molecular complexity index is 596. The molecule has 1 aromatic heterocycles. The molecule has 0 radical (unpaired) electrons. The highest BCUT2D eigenvalue weighted by molar-refractivity contribution is 5.45. The fraction of sp³-hybridized carbons (Fsp3) is 0.222. The van der Waals surface area contributed by atoms with Gasteiger partial charge in [0.1, 0.15) is 0 Å². The van der Waals surface area contributed by atoms with E-state index in [0.29, 0.717) is 6.07 Å². The van der Waals surface area contributed by atoms with E-state index in [2.05, 4.69) is 20.6 Å². The molecule has 0 aliphatic carbocycles. The van der Waals surface area contributed by atoms with Crippen molar-refractivity contribution in [2.24, 2.45) is 0 Å². The Morgan fingerprint density at radius 2 is 2.11 bits per heavy atom. The van der Waals surface area contributed by atoms with Crippen molar-refractivity contribution in [3.63, 3.8) is 0 Å². The molecule has 0 aliphatic heterocycles. The van der Waals surface area contributed by atoms with Crippen molar-refractivity contribution in [2.45, 2.75) is 12.6 Å². The van der Waals surface area contributed by atoms with Gasteiger partial charge in [-0.25, -0.2) is 5.10 Å². The number of halogens is 3. The summed E-state index contributed by atoms with van der Waals surface area (Å²) in [4.78, 5) is 9.94. The summed E-state index contributed by atoms with van der Waals surface area (Å²) in [6.07, 6.45) is -4.68. The number of aromatic amines is 1. The van der Waals surface area contributed by atoms with Gasteiger partial charge < -0.3 is 0 Å². The Hall–Kier alpha value is -2.52. The fourth-order valence-electron chi connectivity index (χ4n) is 1.49. The SMILES string of the molecule is O=[N+]([O-])c1cc(C(F)(F)F)ccc1Cc1nnn[nH]1. The Morgan fingerprint density at radius 1 is 1.37 bits per heavy atom. The predicted octanol–water partition coefficient (Wildman–Crippen LogP) is 1.72. The number of aromatic nitrogens is 4. The molecule has 2 aromatic rings. The highest BCUT2D eigenvalue weighted by Gasteiger charge is 2.33. The summed E-state index contributed by atoms with van der Waals surface area (Å²) in [5.74, 6) is 0.225. The number of nitrogens with one attached hydrogen (secondary N) is 1. The van der Waals surface area contributed by atoms with Crippen LogP contribution in [-0.2, 0) is 12.6 Å². The zero-order valence-corrected chi connectivity index (χ0v) is 9.18. The van der Waals surface area contributed by atoms with Gasteiger partial charge in [0.2, 0.25) is 0 Å². The van der Waals surface area contributed by atoms with Crippen LogP contribution in [-0.4, -0.2) is 25.5 Å². The van der Waals surface area contributed by atoms with Gasteiger partial charge in [-0.05, 0) is 16.5 Å². The van der Waals surface area contributed by atoms with Crippen molar-refractivity contribution in [3.8, 4) is 0 Å². The van der Waals surface area contributed by atoms with Crippen molar-refractivity contribution >= 4 is 5.69 Å². The Morgan fingerprint density at radius 3 is 2.63 bits per heavy atom. The molecule has 1 aromatic carbocycles. The van der Waals surface area contributed by atoms with Crippen molar-refractivity contribution in [1.82, 2.24) is 20.6 Å². The highest BCUT2D eigenvalue weighted by atomic mass is 19.4. The molecule has 0 saturated carbocycles. The molecule has 0 aliphatic rings. The number of tetrazole rings is 1. The molecular formula is C9H6F3N5O2. The smallest absolute Gasteiger partial charge is 0.258 e. The number of hydrogen-bond donors (Lipinski definition) is 1. The van der Waals surface area contributed by atoms with Gasteiger partial charge in [-0.3, -0.25) is 10.1 Å². The van der Waals surface area contributed by atoms with Crippen LogP contribution >= 0.6 is 0 Å². The average molecular weight is 273 g/mol. The summed E-state index contributed by atoms with van der Waals surface area (Å²) in [5, 5.41) is 23.3. The van der Waals surface area contributed by atoms with Gasteiger partial charge in [0.05, 0.1) is 10.5 Å². The third kappa shape index (κ3) is 2.84. The van der Waals surface area contributed by atoms with Crippen LogP contribution in [0.5, 0.6) is 0 Å². The minimum atomic E-state index is -4.63. The predicted molar refractivity (Wildman–Crippen MR) is 55.1 cm³/mol. The number of H-pyrrole nitrogens is 1. The number of nitrogens with zero attached hydrogens (tertiary/aromatic N) is 4. The van der Waals surface area contributed by atoms with E-state index in [9.17, 15) is 23.3 Å². The van der Waals surface area contributed by atoms with Gasteiger partial charge in [0.25, 0.3) is 5.69 Å². The maximum atomic E-state index is 12.5. The standard InChI is InChI=1S/C9H6F3N5O2/c10-9(11,12)6-2-1-5(7(4-6)17(18)19)3-8-13-15-16-14-8/h1-2,4H,3H2,(H,13,14,15,16). The molecule has 0 saturated heterocycles. The van der Waals surface area contributed by atoms with Gasteiger partial charge in [-0.2, -0.15) is 13.2 Å². The number of benzene rings is 1. The van der Waals surface area contributed by atoms with E-state index < -0.39 is 22.4 Å². The third-order valence-electron chi connectivity index (χ3n) is 2.36. The number of hydrogen-bond acceptors (Lipinski definition) is 5. The zero-order chi connectivity index (χ0) is 14.0. The van der Waals surface area contributed by atoms with E-state index in [1.807, 2.05) is 0 Å². The summed E-state index contributed by atoms with van der Waals surface area (Å²) < 4.78 is 37.4. The second-order valence-corrected chi connectivity index (χ2v) is 3.62. The minimum Gasteiger partial charge on any atom is -0.258 e. The highest BCUT2D eigenvalue weighted by Crippen LogP contribution is 2.33. The first-order valence-corrected chi connectivity index (χ1v) is 4.95. The van der Waals surface area contributed by atoms with Gasteiger partial charge in [-0.1, -0.05) is 6.07 Å². The molecule has 0 bridgehead atoms. The van der Waals surface area contributed by atoms with Crippen LogP contribution in [0.4, 0.5) is 18.9 Å². The molecule has 0 spiro atoms. The van der Waals surface area contributed by atoms with E-state index in [4.69, 9.17) is 0 Å². The van der Waals surface area contributed by atoms with Crippen molar-refractivity contribution in [3.05, 3.63) is 45.3 Å². The second-order valence-electron chi connectivity index (χ2n) is 3.62. The lowest BCUT2D eigenvalue weighted by molar-refractivity contribution is -0.385. The normalized spacial score (nSPS) is 11.5. The fourth-order valence-corrected chi connectivity index (χ4v) is 1.49. The number of alkyl halides is 3. The molecule has 10 heteroatoms. The van der Waals surface area contributed by atoms with Crippen molar-refractivity contribution in [1.29, 1.82) is 0 Å². The Kier molecular flexibility index (Phi) is 3.15. The van der Waals surface area contributed by atoms with Gasteiger partial charge >= 0.3 is 6.18 Å². The van der Waals surface area contributed by atoms with Crippen LogP contribution in [0.3, 0.4) is 0 Å². The number of nitro groups is 1. The molecule has 0 atom stereocenters. The molecule has 100 valence electrons. The van der Waals surface area contributed by atoms with Crippen LogP contribution in [0.1, 0.15) is 17.0 Å². The summed E-state index contributed by atoms with van der Waals surface area (Å²) in [6.45, 7) is 0. The van der Waals surface area contributed by atoms with Crippen molar-refractivity contribution in [2.75, 3.05) is 0 Å². The minimum absolute atomic E-state index is 0.0541. The van der Waals surface area contributed by atoms with Crippen LogP contribution in [0.2, 0.25) is 0 Å². The summed E-state index contributed by atoms with van der Waals surface area (Å²) in [5.41, 5.74) is -1.60. The van der Waals surface area contributed by atoms with Crippen molar-refractivity contribution < 1.29 is 18.1 Å². The largest absolute Gasteiger partial charge is 0.416 e. The molecule has 2 rings (SSSR count). The van der Waals surface area contributed by atoms with Gasteiger partial charge in [-0.15, -0.1) is 5.10 Å². The quantitative estimate of drug-likeness (QED) is 0.678. The van der Waals surface area contributed by atoms with E-state index in [1.165, 1.54) is 0 Å². The van der Waals surface area contributed by atoms with Crippen LogP contribution < -0.4 is 0 Å². The van der Waals surface area contributed by atoms with E-state index in [1.54, 1.807) is 0 Å². The maximum Gasteiger partial charge on any atom is 0.416 e. The summed E-state index contributed by atoms with van der Waals surface area (Å²) >= 11 is 0. The Balaban J connectivity index is 2.41. The first-order valence-electron chi connectivity index (χ1n) is 4.95. The molecular weight excluding hydrogens is 267 g/mol. The lowest BCUT2D eigenvalue weighted by Gasteiger charge is -2.07. The first-order chi connectivity index (χ1) is 8.88. The van der Waals surface area contributed by atoms with Crippen LogP contribution in [0.25, 0.3) is 0 Å². The van der Waals surface area contributed by atoms with E-state index in [0.717, 1.165) is 12.1 Å². The number of rotatable bonds is 3. The van der Waals surface area contributed by atoms with Gasteiger partial charge in [0.15, 0.2) is 5.82 Å². The van der Waals surface area contributed by atoms with E-state index in [-0.39, 0.29) is 17.8 Å². The van der Waals surface area contributed by atoms with Crippen LogP contribution in [0.15, 0.2) is 18.2 Å².